The molecule has 0 spiro atoms. The average Bonchev–Trinajstić information content (AvgIpc) is 1.81. The van der Waals surface area contributed by atoms with Crippen molar-refractivity contribution in [3.05, 3.63) is 0 Å². The van der Waals surface area contributed by atoms with Crippen molar-refractivity contribution in [3.8, 4) is 0 Å². The second-order valence-corrected chi connectivity index (χ2v) is 15.3. The molecule has 13 heavy (non-hydrogen) atoms. The van der Waals surface area contributed by atoms with Crippen LogP contribution in [0.2, 0.25) is 38.8 Å². The van der Waals surface area contributed by atoms with Crippen LogP contribution in [0.3, 0.4) is 0 Å². The van der Waals surface area contributed by atoms with Gasteiger partial charge in [0.25, 0.3) is 0 Å². The van der Waals surface area contributed by atoms with Crippen LogP contribution in [0.4, 0.5) is 0 Å². The predicted molar refractivity (Wildman–Crippen MR) is 74.8 cm³/mol. The van der Waals surface area contributed by atoms with Crippen molar-refractivity contribution in [2.75, 3.05) is 4.43 Å². The molecule has 0 aliphatic rings. The van der Waals surface area contributed by atoms with Crippen LogP contribution >= 0.6 is 22.6 Å². The standard InChI is InChI=1S/C9H23IOSi2/c1-12(2,3)11-13(4,5)9-7-6-8-10/h6-9H2,1-5H3. The van der Waals surface area contributed by atoms with E-state index in [0.717, 1.165) is 0 Å². The summed E-state index contributed by atoms with van der Waals surface area (Å²) in [7, 11) is -2.61. The first-order valence-corrected chi connectivity index (χ1v) is 13.1. The Morgan fingerprint density at radius 2 is 1.54 bits per heavy atom. The smallest absolute Gasteiger partial charge is 0.173 e. The quantitative estimate of drug-likeness (QED) is 0.306. The van der Waals surface area contributed by atoms with Crippen LogP contribution in [-0.2, 0) is 4.12 Å². The van der Waals surface area contributed by atoms with Gasteiger partial charge in [-0.15, -0.1) is 0 Å². The minimum atomic E-state index is -1.32. The molecule has 0 N–H and O–H groups in total. The number of hydrogen-bond acceptors (Lipinski definition) is 1. The lowest BCUT2D eigenvalue weighted by atomic mass is 10.4. The first kappa shape index (κ1) is 14.1. The molecule has 0 aromatic rings. The summed E-state index contributed by atoms with van der Waals surface area (Å²) in [6.07, 6.45) is 2.71. The fraction of sp³-hybridized carbons (Fsp3) is 1.00. The van der Waals surface area contributed by atoms with Gasteiger partial charge in [0.15, 0.2) is 16.6 Å². The second-order valence-electron chi connectivity index (χ2n) is 5.12. The van der Waals surface area contributed by atoms with Crippen LogP contribution in [0.1, 0.15) is 12.8 Å². The zero-order valence-electron chi connectivity index (χ0n) is 9.61. The maximum absolute atomic E-state index is 6.25. The predicted octanol–water partition coefficient (Wildman–Crippen LogP) is 4.26. The maximum atomic E-state index is 6.25. The Bertz CT molecular complexity index is 143. The molecule has 4 heteroatoms. The molecule has 0 amide bonds. The van der Waals surface area contributed by atoms with Crippen LogP contribution in [0, 0.1) is 0 Å². The van der Waals surface area contributed by atoms with E-state index in [1.807, 2.05) is 0 Å². The highest BCUT2D eigenvalue weighted by Gasteiger charge is 2.28. The zero-order valence-corrected chi connectivity index (χ0v) is 13.8. The third kappa shape index (κ3) is 9.43. The molecule has 0 aliphatic heterocycles. The summed E-state index contributed by atoms with van der Waals surface area (Å²) in [5, 5.41) is 0. The van der Waals surface area contributed by atoms with Crippen LogP contribution < -0.4 is 0 Å². The highest BCUT2D eigenvalue weighted by Crippen LogP contribution is 2.20. The van der Waals surface area contributed by atoms with Crippen molar-refractivity contribution in [2.24, 2.45) is 0 Å². The topological polar surface area (TPSA) is 9.23 Å². The normalized spacial score (nSPS) is 13.4. The highest BCUT2D eigenvalue weighted by atomic mass is 127. The van der Waals surface area contributed by atoms with Gasteiger partial charge in [0.1, 0.15) is 0 Å². The molecule has 0 atom stereocenters. The number of hydrogen-bond donors (Lipinski definition) is 0. The lowest BCUT2D eigenvalue weighted by molar-refractivity contribution is 0.543. The van der Waals surface area contributed by atoms with E-state index in [1.54, 1.807) is 0 Å². The van der Waals surface area contributed by atoms with Crippen LogP contribution in [0.5, 0.6) is 0 Å². The fourth-order valence-corrected chi connectivity index (χ4v) is 10.2. The molecule has 0 bridgehead atoms. The highest BCUT2D eigenvalue weighted by molar-refractivity contribution is 14.1. The minimum absolute atomic E-state index is 1.29. The fourth-order valence-electron chi connectivity index (χ4n) is 1.53. The lowest BCUT2D eigenvalue weighted by Crippen LogP contribution is -2.42. The zero-order chi connectivity index (χ0) is 10.5. The molecular formula is C9H23IOSi2. The van der Waals surface area contributed by atoms with Crippen LogP contribution in [0.15, 0.2) is 0 Å². The molecule has 0 radical (unpaired) electrons. The molecule has 0 rings (SSSR count). The summed E-state index contributed by atoms with van der Waals surface area (Å²) in [6.45, 7) is 11.6. The Kier molecular flexibility index (Phi) is 6.38. The summed E-state index contributed by atoms with van der Waals surface area (Å²) in [6, 6.07) is 1.33. The Labute approximate surface area is 99.0 Å². The SMILES string of the molecule is C[Si](C)(C)O[Si](C)(C)CCCCI. The summed E-state index contributed by atoms with van der Waals surface area (Å²) in [4.78, 5) is 0. The molecular weight excluding hydrogens is 307 g/mol. The van der Waals surface area contributed by atoms with Gasteiger partial charge in [-0.05, 0) is 49.6 Å². The molecule has 80 valence electrons. The summed E-state index contributed by atoms with van der Waals surface area (Å²) >= 11 is 2.45. The first-order valence-electron chi connectivity index (χ1n) is 5.03. The van der Waals surface area contributed by atoms with Gasteiger partial charge in [-0.2, -0.15) is 0 Å². The van der Waals surface area contributed by atoms with E-state index in [9.17, 15) is 0 Å². The van der Waals surface area contributed by atoms with Gasteiger partial charge in [-0.3, -0.25) is 0 Å². The van der Waals surface area contributed by atoms with Gasteiger partial charge >= 0.3 is 0 Å². The van der Waals surface area contributed by atoms with E-state index < -0.39 is 16.6 Å². The van der Waals surface area contributed by atoms with E-state index in [4.69, 9.17) is 4.12 Å². The van der Waals surface area contributed by atoms with Crippen molar-refractivity contribution >= 4 is 39.2 Å². The minimum Gasteiger partial charge on any atom is -0.456 e. The lowest BCUT2D eigenvalue weighted by Gasteiger charge is -2.31. The van der Waals surface area contributed by atoms with Crippen molar-refractivity contribution in [3.63, 3.8) is 0 Å². The van der Waals surface area contributed by atoms with Gasteiger partial charge in [0, 0.05) is 0 Å². The van der Waals surface area contributed by atoms with E-state index in [-0.39, 0.29) is 0 Å². The van der Waals surface area contributed by atoms with Crippen LogP contribution in [0.25, 0.3) is 0 Å². The second kappa shape index (κ2) is 5.87. The molecule has 0 aromatic heterocycles. The van der Waals surface area contributed by atoms with Crippen LogP contribution in [-0.4, -0.2) is 21.1 Å². The van der Waals surface area contributed by atoms with Gasteiger partial charge in [0.2, 0.25) is 0 Å². The van der Waals surface area contributed by atoms with Gasteiger partial charge in [-0.1, -0.05) is 29.0 Å². The molecule has 0 saturated heterocycles. The number of unbranched alkanes of at least 4 members (excludes halogenated alkanes) is 1. The molecule has 0 unspecified atom stereocenters. The Morgan fingerprint density at radius 1 is 1.00 bits per heavy atom. The average molecular weight is 330 g/mol. The molecule has 0 fully saturated rings. The Hall–Kier alpha value is 1.12. The van der Waals surface area contributed by atoms with E-state index in [2.05, 4.69) is 55.3 Å². The van der Waals surface area contributed by atoms with Crippen molar-refractivity contribution in [1.82, 2.24) is 0 Å². The van der Waals surface area contributed by atoms with Crippen molar-refractivity contribution in [1.29, 1.82) is 0 Å². The molecule has 0 saturated carbocycles. The maximum Gasteiger partial charge on any atom is 0.173 e. The van der Waals surface area contributed by atoms with E-state index in [1.165, 1.54) is 23.3 Å². The van der Waals surface area contributed by atoms with Gasteiger partial charge in [0.05, 0.1) is 0 Å². The molecule has 1 nitrogen and oxygen atoms in total. The number of halogens is 1. The van der Waals surface area contributed by atoms with Gasteiger partial charge in [-0.25, -0.2) is 0 Å². The largest absolute Gasteiger partial charge is 0.456 e. The first-order chi connectivity index (χ1) is 5.77. The Balaban J connectivity index is 3.80. The summed E-state index contributed by atoms with van der Waals surface area (Å²) in [5.74, 6) is 0. The summed E-state index contributed by atoms with van der Waals surface area (Å²) in [5.41, 5.74) is 0. The van der Waals surface area contributed by atoms with Gasteiger partial charge < -0.3 is 4.12 Å². The van der Waals surface area contributed by atoms with Crippen molar-refractivity contribution in [2.45, 2.75) is 51.6 Å². The Morgan fingerprint density at radius 3 is 1.92 bits per heavy atom. The summed E-state index contributed by atoms with van der Waals surface area (Å²) < 4.78 is 7.53. The third-order valence-corrected chi connectivity index (χ3v) is 8.73. The van der Waals surface area contributed by atoms with E-state index in [0.29, 0.717) is 0 Å². The molecule has 0 heterocycles. The number of alkyl halides is 1. The van der Waals surface area contributed by atoms with Crippen molar-refractivity contribution < 1.29 is 4.12 Å². The monoisotopic (exact) mass is 330 g/mol. The molecule has 0 aromatic carbocycles. The third-order valence-electron chi connectivity index (χ3n) is 1.74. The van der Waals surface area contributed by atoms with E-state index >= 15 is 0 Å². The molecule has 0 aliphatic carbocycles. The number of rotatable bonds is 6.